The largest absolute Gasteiger partial charge is 0.373 e. The quantitative estimate of drug-likeness (QED) is 0.891. The SMILES string of the molecule is C[C@@H](c1ccccc1)S(=O)(=O)NC(=O)C[C@H]1OCCc2ccccc21. The van der Waals surface area contributed by atoms with Crippen LogP contribution in [0.15, 0.2) is 54.6 Å². The van der Waals surface area contributed by atoms with Crippen LogP contribution >= 0.6 is 0 Å². The fourth-order valence-electron chi connectivity index (χ4n) is 3.01. The zero-order valence-electron chi connectivity index (χ0n) is 14.0. The lowest BCUT2D eigenvalue weighted by Gasteiger charge is -2.25. The van der Waals surface area contributed by atoms with Crippen molar-refractivity contribution in [1.29, 1.82) is 0 Å². The van der Waals surface area contributed by atoms with Crippen LogP contribution in [-0.2, 0) is 26.0 Å². The first kappa shape index (κ1) is 17.6. The Hall–Kier alpha value is -2.18. The molecule has 0 bridgehead atoms. The predicted octanol–water partition coefficient (Wildman–Crippen LogP) is 2.90. The highest BCUT2D eigenvalue weighted by atomic mass is 32.2. The Kier molecular flexibility index (Phi) is 5.20. The molecule has 2 atom stereocenters. The van der Waals surface area contributed by atoms with E-state index in [1.807, 2.05) is 30.3 Å². The lowest BCUT2D eigenvalue weighted by Crippen LogP contribution is -2.35. The maximum Gasteiger partial charge on any atom is 0.241 e. The maximum absolute atomic E-state index is 12.5. The number of carbonyl (C=O) groups is 1. The molecule has 5 nitrogen and oxygen atoms in total. The molecule has 0 aromatic heterocycles. The smallest absolute Gasteiger partial charge is 0.241 e. The Morgan fingerprint density at radius 2 is 1.84 bits per heavy atom. The number of nitrogens with one attached hydrogen (secondary N) is 1. The molecule has 0 radical (unpaired) electrons. The van der Waals surface area contributed by atoms with Crippen molar-refractivity contribution in [1.82, 2.24) is 4.72 Å². The van der Waals surface area contributed by atoms with E-state index in [4.69, 9.17) is 4.74 Å². The van der Waals surface area contributed by atoms with E-state index in [1.165, 1.54) is 0 Å². The van der Waals surface area contributed by atoms with Crippen molar-refractivity contribution in [2.24, 2.45) is 0 Å². The standard InChI is InChI=1S/C19H21NO4S/c1-14(15-7-3-2-4-8-15)25(22,23)20-19(21)13-18-17-10-6-5-9-16(17)11-12-24-18/h2-10,14,18H,11-13H2,1H3,(H,20,21)/t14-,18+/m0/s1. The van der Waals surface area contributed by atoms with Gasteiger partial charge in [-0.25, -0.2) is 8.42 Å². The molecule has 25 heavy (non-hydrogen) atoms. The number of hydrogen-bond acceptors (Lipinski definition) is 4. The number of amides is 1. The number of carbonyl (C=O) groups excluding carboxylic acids is 1. The molecule has 132 valence electrons. The van der Waals surface area contributed by atoms with Crippen LogP contribution in [0.1, 0.15) is 41.4 Å². The molecule has 2 aromatic rings. The lowest BCUT2D eigenvalue weighted by atomic mass is 9.96. The number of ether oxygens (including phenoxy) is 1. The Morgan fingerprint density at radius 3 is 2.60 bits per heavy atom. The number of rotatable bonds is 5. The molecule has 1 aliphatic rings. The minimum absolute atomic E-state index is 0.0161. The molecule has 2 aromatic carbocycles. The minimum Gasteiger partial charge on any atom is -0.373 e. The van der Waals surface area contributed by atoms with Crippen LogP contribution in [0.4, 0.5) is 0 Å². The monoisotopic (exact) mass is 359 g/mol. The molecule has 0 unspecified atom stereocenters. The maximum atomic E-state index is 12.5. The van der Waals surface area contributed by atoms with Gasteiger partial charge < -0.3 is 4.74 Å². The van der Waals surface area contributed by atoms with Gasteiger partial charge in [-0.2, -0.15) is 0 Å². The Morgan fingerprint density at radius 1 is 1.16 bits per heavy atom. The number of benzene rings is 2. The summed E-state index contributed by atoms with van der Waals surface area (Å²) in [6.45, 7) is 2.10. The van der Waals surface area contributed by atoms with Crippen molar-refractivity contribution in [3.8, 4) is 0 Å². The number of sulfonamides is 1. The van der Waals surface area contributed by atoms with Crippen LogP contribution in [0.5, 0.6) is 0 Å². The third kappa shape index (κ3) is 4.08. The second-order valence-corrected chi connectivity index (χ2v) is 8.14. The van der Waals surface area contributed by atoms with Gasteiger partial charge in [-0.1, -0.05) is 54.6 Å². The average Bonchev–Trinajstić information content (AvgIpc) is 2.61. The third-order valence-corrected chi connectivity index (χ3v) is 6.17. The van der Waals surface area contributed by atoms with E-state index in [-0.39, 0.29) is 6.42 Å². The Bertz CT molecular complexity index is 849. The average molecular weight is 359 g/mol. The predicted molar refractivity (Wildman–Crippen MR) is 95.4 cm³/mol. The molecular weight excluding hydrogens is 338 g/mol. The van der Waals surface area contributed by atoms with E-state index >= 15 is 0 Å². The van der Waals surface area contributed by atoms with Crippen molar-refractivity contribution >= 4 is 15.9 Å². The van der Waals surface area contributed by atoms with Crippen molar-refractivity contribution in [3.63, 3.8) is 0 Å². The van der Waals surface area contributed by atoms with Crippen LogP contribution in [-0.4, -0.2) is 20.9 Å². The van der Waals surface area contributed by atoms with Gasteiger partial charge >= 0.3 is 0 Å². The van der Waals surface area contributed by atoms with Crippen LogP contribution < -0.4 is 4.72 Å². The van der Waals surface area contributed by atoms with Gasteiger partial charge in [-0.05, 0) is 30.0 Å². The van der Waals surface area contributed by atoms with Gasteiger partial charge in [-0.3, -0.25) is 9.52 Å². The molecule has 0 aliphatic carbocycles. The van der Waals surface area contributed by atoms with Gasteiger partial charge in [0.15, 0.2) is 0 Å². The fourth-order valence-corrected chi connectivity index (χ4v) is 4.10. The minimum atomic E-state index is -3.80. The normalized spacial score (nSPS) is 18.2. The van der Waals surface area contributed by atoms with Crippen LogP contribution in [0, 0.1) is 0 Å². The summed E-state index contributed by atoms with van der Waals surface area (Å²) in [5, 5.41) is -0.808. The van der Waals surface area contributed by atoms with E-state index in [0.29, 0.717) is 12.2 Å². The van der Waals surface area contributed by atoms with Crippen LogP contribution in [0.2, 0.25) is 0 Å². The third-order valence-electron chi connectivity index (χ3n) is 4.45. The van der Waals surface area contributed by atoms with Crippen molar-refractivity contribution in [2.45, 2.75) is 31.1 Å². The van der Waals surface area contributed by atoms with E-state index in [9.17, 15) is 13.2 Å². The summed E-state index contributed by atoms with van der Waals surface area (Å²) in [5.41, 5.74) is 2.74. The fraction of sp³-hybridized carbons (Fsp3) is 0.316. The van der Waals surface area contributed by atoms with E-state index in [2.05, 4.69) is 4.72 Å². The second-order valence-electron chi connectivity index (χ2n) is 6.14. The molecule has 1 aliphatic heterocycles. The Balaban J connectivity index is 1.69. The van der Waals surface area contributed by atoms with Crippen molar-refractivity contribution < 1.29 is 17.9 Å². The summed E-state index contributed by atoms with van der Waals surface area (Å²) < 4.78 is 32.8. The van der Waals surface area contributed by atoms with Gasteiger partial charge in [0, 0.05) is 0 Å². The van der Waals surface area contributed by atoms with Crippen molar-refractivity contribution in [2.75, 3.05) is 6.61 Å². The molecule has 1 amide bonds. The second kappa shape index (κ2) is 7.37. The first-order valence-electron chi connectivity index (χ1n) is 8.26. The molecule has 1 heterocycles. The molecule has 0 saturated carbocycles. The highest BCUT2D eigenvalue weighted by Crippen LogP contribution is 2.29. The number of hydrogen-bond donors (Lipinski definition) is 1. The van der Waals surface area contributed by atoms with Gasteiger partial charge in [0.1, 0.15) is 5.25 Å². The summed E-state index contributed by atoms with van der Waals surface area (Å²) in [4.78, 5) is 12.3. The van der Waals surface area contributed by atoms with E-state index in [0.717, 1.165) is 17.5 Å². The van der Waals surface area contributed by atoms with Crippen LogP contribution in [0.25, 0.3) is 0 Å². The van der Waals surface area contributed by atoms with Gasteiger partial charge in [0.25, 0.3) is 0 Å². The lowest BCUT2D eigenvalue weighted by molar-refractivity contribution is -0.122. The highest BCUT2D eigenvalue weighted by molar-refractivity contribution is 7.90. The van der Waals surface area contributed by atoms with Gasteiger partial charge in [0.05, 0.1) is 19.1 Å². The zero-order valence-corrected chi connectivity index (χ0v) is 14.8. The van der Waals surface area contributed by atoms with Crippen molar-refractivity contribution in [3.05, 3.63) is 71.3 Å². The van der Waals surface area contributed by atoms with Crippen LogP contribution in [0.3, 0.4) is 0 Å². The van der Waals surface area contributed by atoms with E-state index < -0.39 is 27.3 Å². The zero-order chi connectivity index (χ0) is 17.9. The van der Waals surface area contributed by atoms with Gasteiger partial charge in [0.2, 0.25) is 15.9 Å². The van der Waals surface area contributed by atoms with Gasteiger partial charge in [-0.15, -0.1) is 0 Å². The first-order valence-corrected chi connectivity index (χ1v) is 9.81. The summed E-state index contributed by atoms with van der Waals surface area (Å²) in [6.07, 6.45) is 0.377. The molecule has 0 spiro atoms. The highest BCUT2D eigenvalue weighted by Gasteiger charge is 2.28. The summed E-state index contributed by atoms with van der Waals surface area (Å²) in [6, 6.07) is 16.6. The molecular formula is C19H21NO4S. The topological polar surface area (TPSA) is 72.5 Å². The summed E-state index contributed by atoms with van der Waals surface area (Å²) in [7, 11) is -3.80. The van der Waals surface area contributed by atoms with E-state index in [1.54, 1.807) is 31.2 Å². The summed E-state index contributed by atoms with van der Waals surface area (Å²) >= 11 is 0. The number of fused-ring (bicyclic) bond motifs is 1. The summed E-state index contributed by atoms with van der Waals surface area (Å²) in [5.74, 6) is -0.551. The molecule has 6 heteroatoms. The molecule has 3 rings (SSSR count). The first-order chi connectivity index (χ1) is 12.0. The Labute approximate surface area is 148 Å². The molecule has 0 fully saturated rings. The molecule has 0 saturated heterocycles. The molecule has 1 N–H and O–H groups in total.